The van der Waals surface area contributed by atoms with Crippen LogP contribution in [0.1, 0.15) is 29.8 Å². The monoisotopic (exact) mass is 234 g/mol. The van der Waals surface area contributed by atoms with Gasteiger partial charge in [-0.3, -0.25) is 4.79 Å². The highest BCUT2D eigenvalue weighted by atomic mass is 16.5. The third-order valence-electron chi connectivity index (χ3n) is 2.67. The standard InChI is InChI=1S/C13H14O4/c1-13(2)5-4-8-11(17-13)6-10(16-3)9(7-14)12(8)15/h4-7,15H,1-3H3. The first-order chi connectivity index (χ1) is 7.98. The van der Waals surface area contributed by atoms with E-state index in [1.54, 1.807) is 12.1 Å². The minimum atomic E-state index is -0.437. The zero-order chi connectivity index (χ0) is 12.6. The van der Waals surface area contributed by atoms with E-state index in [1.807, 2.05) is 19.9 Å². The van der Waals surface area contributed by atoms with Crippen molar-refractivity contribution in [1.82, 2.24) is 0 Å². The Balaban J connectivity index is 2.65. The summed E-state index contributed by atoms with van der Waals surface area (Å²) in [5, 5.41) is 9.97. The zero-order valence-electron chi connectivity index (χ0n) is 9.98. The average Bonchev–Trinajstić information content (AvgIpc) is 2.27. The maximum absolute atomic E-state index is 10.9. The smallest absolute Gasteiger partial charge is 0.157 e. The van der Waals surface area contributed by atoms with E-state index >= 15 is 0 Å². The highest BCUT2D eigenvalue weighted by Crippen LogP contribution is 2.42. The maximum atomic E-state index is 10.9. The lowest BCUT2D eigenvalue weighted by molar-refractivity contribution is 0.111. The van der Waals surface area contributed by atoms with E-state index in [0.717, 1.165) is 0 Å². The predicted molar refractivity (Wildman–Crippen MR) is 63.8 cm³/mol. The van der Waals surface area contributed by atoms with E-state index in [-0.39, 0.29) is 11.3 Å². The van der Waals surface area contributed by atoms with Gasteiger partial charge in [-0.1, -0.05) is 0 Å². The zero-order valence-corrected chi connectivity index (χ0v) is 9.98. The third kappa shape index (κ3) is 1.86. The Morgan fingerprint density at radius 1 is 1.47 bits per heavy atom. The number of fused-ring (bicyclic) bond motifs is 1. The molecule has 0 bridgehead atoms. The van der Waals surface area contributed by atoms with Crippen molar-refractivity contribution in [2.75, 3.05) is 7.11 Å². The first-order valence-electron chi connectivity index (χ1n) is 5.26. The first-order valence-corrected chi connectivity index (χ1v) is 5.26. The van der Waals surface area contributed by atoms with Crippen LogP contribution in [0.2, 0.25) is 0 Å². The van der Waals surface area contributed by atoms with Gasteiger partial charge in [-0.15, -0.1) is 0 Å². The molecule has 0 amide bonds. The molecule has 1 aromatic carbocycles. The topological polar surface area (TPSA) is 55.8 Å². The highest BCUT2D eigenvalue weighted by Gasteiger charge is 2.26. The van der Waals surface area contributed by atoms with Crippen LogP contribution >= 0.6 is 0 Å². The number of ether oxygens (including phenoxy) is 2. The number of hydrogen-bond acceptors (Lipinski definition) is 4. The Morgan fingerprint density at radius 2 is 2.18 bits per heavy atom. The van der Waals surface area contributed by atoms with Gasteiger partial charge in [0, 0.05) is 6.07 Å². The van der Waals surface area contributed by atoms with Gasteiger partial charge < -0.3 is 14.6 Å². The molecule has 0 unspecified atom stereocenters. The summed E-state index contributed by atoms with van der Waals surface area (Å²) in [5.74, 6) is 0.709. The van der Waals surface area contributed by atoms with Crippen molar-refractivity contribution in [2.45, 2.75) is 19.4 Å². The van der Waals surface area contributed by atoms with Crippen LogP contribution in [0, 0.1) is 0 Å². The highest BCUT2D eigenvalue weighted by molar-refractivity contribution is 5.88. The molecule has 1 heterocycles. The normalized spacial score (nSPS) is 15.9. The first kappa shape index (κ1) is 11.5. The van der Waals surface area contributed by atoms with Gasteiger partial charge in [-0.25, -0.2) is 0 Å². The number of methoxy groups -OCH3 is 1. The quantitative estimate of drug-likeness (QED) is 0.798. The van der Waals surface area contributed by atoms with E-state index in [9.17, 15) is 9.90 Å². The molecule has 1 N–H and O–H groups in total. The number of carbonyl (C=O) groups is 1. The molecule has 0 aliphatic carbocycles. The second-order valence-corrected chi connectivity index (χ2v) is 4.41. The lowest BCUT2D eigenvalue weighted by atomic mass is 9.99. The fraction of sp³-hybridized carbons (Fsp3) is 0.308. The summed E-state index contributed by atoms with van der Waals surface area (Å²) >= 11 is 0. The van der Waals surface area contributed by atoms with Gasteiger partial charge in [0.1, 0.15) is 22.8 Å². The van der Waals surface area contributed by atoms with Crippen molar-refractivity contribution in [2.24, 2.45) is 0 Å². The van der Waals surface area contributed by atoms with Crippen molar-refractivity contribution in [3.63, 3.8) is 0 Å². The van der Waals surface area contributed by atoms with Crippen molar-refractivity contribution in [3.8, 4) is 17.2 Å². The Kier molecular flexibility index (Phi) is 2.58. The number of aldehydes is 1. The molecule has 0 radical (unpaired) electrons. The van der Waals surface area contributed by atoms with E-state index < -0.39 is 5.60 Å². The second kappa shape index (κ2) is 3.80. The molecule has 0 atom stereocenters. The van der Waals surface area contributed by atoms with E-state index in [2.05, 4.69) is 0 Å². The number of phenols is 1. The van der Waals surface area contributed by atoms with Crippen LogP contribution < -0.4 is 9.47 Å². The minimum absolute atomic E-state index is 0.110. The van der Waals surface area contributed by atoms with Crippen LogP contribution in [-0.2, 0) is 0 Å². The lowest BCUT2D eigenvalue weighted by Crippen LogP contribution is -2.27. The average molecular weight is 234 g/mol. The van der Waals surface area contributed by atoms with Crippen molar-refractivity contribution in [3.05, 3.63) is 23.3 Å². The molecular formula is C13H14O4. The molecule has 17 heavy (non-hydrogen) atoms. The summed E-state index contributed by atoms with van der Waals surface area (Å²) in [4.78, 5) is 10.9. The molecule has 2 rings (SSSR count). The molecule has 1 aliphatic heterocycles. The Hall–Kier alpha value is -1.97. The number of hydrogen-bond donors (Lipinski definition) is 1. The van der Waals surface area contributed by atoms with Crippen molar-refractivity contribution >= 4 is 12.4 Å². The van der Waals surface area contributed by atoms with E-state index in [0.29, 0.717) is 23.3 Å². The van der Waals surface area contributed by atoms with Crippen LogP contribution in [0.3, 0.4) is 0 Å². The van der Waals surface area contributed by atoms with Crippen molar-refractivity contribution < 1.29 is 19.4 Å². The summed E-state index contributed by atoms with van der Waals surface area (Å²) in [6.45, 7) is 3.81. The van der Waals surface area contributed by atoms with Crippen LogP contribution in [0.15, 0.2) is 12.1 Å². The molecule has 0 saturated heterocycles. The van der Waals surface area contributed by atoms with Gasteiger partial charge >= 0.3 is 0 Å². The van der Waals surface area contributed by atoms with Crippen LogP contribution in [0.5, 0.6) is 17.2 Å². The molecule has 4 nitrogen and oxygen atoms in total. The molecule has 4 heteroatoms. The van der Waals surface area contributed by atoms with Gasteiger partial charge in [0.2, 0.25) is 0 Å². The van der Waals surface area contributed by atoms with Gasteiger partial charge in [-0.05, 0) is 26.0 Å². The molecular weight excluding hydrogens is 220 g/mol. The fourth-order valence-corrected chi connectivity index (χ4v) is 1.78. The Labute approximate surface area is 99.5 Å². The maximum Gasteiger partial charge on any atom is 0.157 e. The van der Waals surface area contributed by atoms with Gasteiger partial charge in [-0.2, -0.15) is 0 Å². The molecule has 1 aromatic rings. The van der Waals surface area contributed by atoms with Crippen molar-refractivity contribution in [1.29, 1.82) is 0 Å². The van der Waals surface area contributed by atoms with Crippen LogP contribution in [0.4, 0.5) is 0 Å². The predicted octanol–water partition coefficient (Wildman–Crippen LogP) is 2.40. The number of aromatic hydroxyl groups is 1. The Bertz CT molecular complexity index is 501. The summed E-state index contributed by atoms with van der Waals surface area (Å²) in [6.07, 6.45) is 4.15. The number of benzene rings is 1. The summed E-state index contributed by atoms with van der Waals surface area (Å²) in [7, 11) is 1.44. The molecule has 0 saturated carbocycles. The minimum Gasteiger partial charge on any atom is -0.506 e. The molecule has 1 aliphatic rings. The van der Waals surface area contributed by atoms with Gasteiger partial charge in [0.05, 0.1) is 18.2 Å². The molecule has 0 spiro atoms. The summed E-state index contributed by atoms with van der Waals surface area (Å²) < 4.78 is 10.8. The SMILES string of the molecule is COc1cc2c(c(O)c1C=O)C=CC(C)(C)O2. The molecule has 90 valence electrons. The van der Waals surface area contributed by atoms with Crippen LogP contribution in [-0.4, -0.2) is 24.1 Å². The molecule has 0 fully saturated rings. The van der Waals surface area contributed by atoms with E-state index in [1.165, 1.54) is 7.11 Å². The lowest BCUT2D eigenvalue weighted by Gasteiger charge is -2.28. The Morgan fingerprint density at radius 3 is 2.76 bits per heavy atom. The van der Waals surface area contributed by atoms with Gasteiger partial charge in [0.25, 0.3) is 0 Å². The summed E-state index contributed by atoms with van der Waals surface area (Å²) in [6, 6.07) is 1.62. The summed E-state index contributed by atoms with van der Waals surface area (Å²) in [5.41, 5.74) is 0.207. The fourth-order valence-electron chi connectivity index (χ4n) is 1.78. The largest absolute Gasteiger partial charge is 0.506 e. The number of carbonyl (C=O) groups excluding carboxylic acids is 1. The second-order valence-electron chi connectivity index (χ2n) is 4.41. The number of phenolic OH excluding ortho intramolecular Hbond substituents is 1. The molecule has 0 aromatic heterocycles. The third-order valence-corrected chi connectivity index (χ3v) is 2.67. The van der Waals surface area contributed by atoms with E-state index in [4.69, 9.17) is 9.47 Å². The number of rotatable bonds is 2. The van der Waals surface area contributed by atoms with Gasteiger partial charge in [0.15, 0.2) is 6.29 Å². The van der Waals surface area contributed by atoms with Crippen LogP contribution in [0.25, 0.3) is 6.08 Å².